The van der Waals surface area contributed by atoms with E-state index in [1.807, 2.05) is 37.3 Å². The molecule has 0 unspecified atom stereocenters. The second-order valence-electron chi connectivity index (χ2n) is 8.08. The SMILES string of the molecule is Cc1cccc2cc(C3=NC(C)(C)C(C)(C)c4cc(F)ccc43)nnc12. The maximum atomic E-state index is 14.0. The summed E-state index contributed by atoms with van der Waals surface area (Å²) >= 11 is 0. The van der Waals surface area contributed by atoms with Gasteiger partial charge in [0.2, 0.25) is 0 Å². The van der Waals surface area contributed by atoms with E-state index in [-0.39, 0.29) is 11.2 Å². The van der Waals surface area contributed by atoms with Gasteiger partial charge in [-0.15, -0.1) is 10.2 Å². The first-order valence-corrected chi connectivity index (χ1v) is 8.84. The molecular formula is C22H22FN3. The van der Waals surface area contributed by atoms with Gasteiger partial charge in [0.05, 0.1) is 16.8 Å². The molecule has 1 aliphatic rings. The van der Waals surface area contributed by atoms with Gasteiger partial charge in [-0.1, -0.05) is 32.0 Å². The Bertz CT molecular complexity index is 1060. The van der Waals surface area contributed by atoms with Crippen LogP contribution in [0.25, 0.3) is 10.9 Å². The lowest BCUT2D eigenvalue weighted by Gasteiger charge is -2.44. The quantitative estimate of drug-likeness (QED) is 0.622. The van der Waals surface area contributed by atoms with E-state index in [9.17, 15) is 4.39 Å². The monoisotopic (exact) mass is 347 g/mol. The maximum absolute atomic E-state index is 14.0. The number of aromatic nitrogens is 2. The Kier molecular flexibility index (Phi) is 3.52. The first-order valence-electron chi connectivity index (χ1n) is 8.84. The smallest absolute Gasteiger partial charge is 0.123 e. The van der Waals surface area contributed by atoms with Gasteiger partial charge < -0.3 is 0 Å². The highest BCUT2D eigenvalue weighted by molar-refractivity contribution is 6.14. The number of hydrogen-bond acceptors (Lipinski definition) is 3. The molecule has 0 fully saturated rings. The molecule has 132 valence electrons. The summed E-state index contributed by atoms with van der Waals surface area (Å²) in [7, 11) is 0. The van der Waals surface area contributed by atoms with Gasteiger partial charge in [0, 0.05) is 16.4 Å². The van der Waals surface area contributed by atoms with Crippen molar-refractivity contribution in [3.8, 4) is 0 Å². The van der Waals surface area contributed by atoms with Crippen LogP contribution < -0.4 is 0 Å². The molecule has 0 bridgehead atoms. The fraction of sp³-hybridized carbons (Fsp3) is 0.318. The van der Waals surface area contributed by atoms with Crippen molar-refractivity contribution in [3.05, 3.63) is 70.7 Å². The Morgan fingerprint density at radius 1 is 0.923 bits per heavy atom. The molecule has 0 aliphatic carbocycles. The third kappa shape index (κ3) is 2.36. The van der Waals surface area contributed by atoms with E-state index in [1.54, 1.807) is 6.07 Å². The van der Waals surface area contributed by atoms with Gasteiger partial charge in [-0.05, 0) is 56.2 Å². The van der Waals surface area contributed by atoms with Crippen LogP contribution in [-0.2, 0) is 5.41 Å². The van der Waals surface area contributed by atoms with Crippen LogP contribution in [-0.4, -0.2) is 21.4 Å². The summed E-state index contributed by atoms with van der Waals surface area (Å²) in [5.41, 5.74) is 4.68. The minimum atomic E-state index is -0.396. The number of halogens is 1. The van der Waals surface area contributed by atoms with Crippen LogP contribution in [0.5, 0.6) is 0 Å². The van der Waals surface area contributed by atoms with E-state index in [4.69, 9.17) is 4.99 Å². The second kappa shape index (κ2) is 5.44. The van der Waals surface area contributed by atoms with Crippen molar-refractivity contribution in [2.75, 3.05) is 0 Å². The highest BCUT2D eigenvalue weighted by atomic mass is 19.1. The third-order valence-electron chi connectivity index (χ3n) is 5.89. The molecule has 0 saturated carbocycles. The van der Waals surface area contributed by atoms with Crippen molar-refractivity contribution < 1.29 is 4.39 Å². The molecule has 0 atom stereocenters. The molecule has 4 rings (SSSR count). The average Bonchev–Trinajstić information content (AvgIpc) is 2.59. The summed E-state index contributed by atoms with van der Waals surface area (Å²) in [5, 5.41) is 9.91. The first kappa shape index (κ1) is 16.8. The second-order valence-corrected chi connectivity index (χ2v) is 8.08. The van der Waals surface area contributed by atoms with E-state index in [0.29, 0.717) is 0 Å². The Hall–Kier alpha value is -2.62. The van der Waals surface area contributed by atoms with Crippen molar-refractivity contribution >= 4 is 16.6 Å². The normalized spacial score (nSPS) is 17.7. The lowest BCUT2D eigenvalue weighted by molar-refractivity contribution is 0.302. The summed E-state index contributed by atoms with van der Waals surface area (Å²) in [6.07, 6.45) is 0. The molecule has 0 radical (unpaired) electrons. The molecule has 0 N–H and O–H groups in total. The van der Waals surface area contributed by atoms with Crippen LogP contribution in [0.15, 0.2) is 47.5 Å². The lowest BCUT2D eigenvalue weighted by Crippen LogP contribution is -2.46. The lowest BCUT2D eigenvalue weighted by atomic mass is 9.66. The van der Waals surface area contributed by atoms with Crippen molar-refractivity contribution in [1.29, 1.82) is 0 Å². The molecule has 4 heteroatoms. The molecular weight excluding hydrogens is 325 g/mol. The fourth-order valence-corrected chi connectivity index (χ4v) is 3.57. The van der Waals surface area contributed by atoms with Crippen LogP contribution >= 0.6 is 0 Å². The highest BCUT2D eigenvalue weighted by Gasteiger charge is 2.44. The number of nitrogens with zero attached hydrogens (tertiary/aromatic N) is 3. The number of rotatable bonds is 1. The number of aryl methyl sites for hydroxylation is 1. The zero-order valence-corrected chi connectivity index (χ0v) is 15.8. The molecule has 1 aliphatic heterocycles. The number of aliphatic imine (C=N–C) groups is 1. The van der Waals surface area contributed by atoms with Crippen LogP contribution in [0.1, 0.15) is 50.1 Å². The van der Waals surface area contributed by atoms with E-state index in [2.05, 4.69) is 37.9 Å². The van der Waals surface area contributed by atoms with Gasteiger partial charge in [0.25, 0.3) is 0 Å². The summed E-state index contributed by atoms with van der Waals surface area (Å²) in [5.74, 6) is -0.228. The van der Waals surface area contributed by atoms with Gasteiger partial charge >= 0.3 is 0 Å². The fourth-order valence-electron chi connectivity index (χ4n) is 3.57. The molecule has 2 heterocycles. The van der Waals surface area contributed by atoms with Gasteiger partial charge in [0.15, 0.2) is 0 Å². The molecule has 26 heavy (non-hydrogen) atoms. The zero-order chi connectivity index (χ0) is 18.7. The minimum Gasteiger partial charge on any atom is -0.275 e. The molecule has 0 amide bonds. The van der Waals surface area contributed by atoms with E-state index >= 15 is 0 Å². The van der Waals surface area contributed by atoms with Crippen molar-refractivity contribution in [3.63, 3.8) is 0 Å². The Morgan fingerprint density at radius 3 is 2.46 bits per heavy atom. The molecule has 2 aromatic carbocycles. The van der Waals surface area contributed by atoms with Gasteiger partial charge in [0.1, 0.15) is 11.5 Å². The Balaban J connectivity index is 1.98. The van der Waals surface area contributed by atoms with E-state index < -0.39 is 5.54 Å². The zero-order valence-electron chi connectivity index (χ0n) is 15.8. The largest absolute Gasteiger partial charge is 0.275 e. The molecule has 3 aromatic rings. The van der Waals surface area contributed by atoms with Crippen LogP contribution in [0, 0.1) is 12.7 Å². The minimum absolute atomic E-state index is 0.228. The topological polar surface area (TPSA) is 38.1 Å². The first-order chi connectivity index (χ1) is 12.2. The summed E-state index contributed by atoms with van der Waals surface area (Å²) in [6.45, 7) is 10.4. The summed E-state index contributed by atoms with van der Waals surface area (Å²) in [4.78, 5) is 5.03. The van der Waals surface area contributed by atoms with Crippen molar-refractivity contribution in [2.45, 2.75) is 45.6 Å². The van der Waals surface area contributed by atoms with Gasteiger partial charge in [-0.25, -0.2) is 4.39 Å². The third-order valence-corrected chi connectivity index (χ3v) is 5.89. The predicted molar refractivity (Wildman–Crippen MR) is 103 cm³/mol. The summed E-state index contributed by atoms with van der Waals surface area (Å²) in [6, 6.07) is 13.0. The summed E-state index contributed by atoms with van der Waals surface area (Å²) < 4.78 is 14.0. The number of hydrogen-bond donors (Lipinski definition) is 0. The maximum Gasteiger partial charge on any atom is 0.123 e. The standard InChI is InChI=1S/C22H22FN3/c1-13-7-6-8-14-11-18(25-26-19(13)14)20-16-10-9-15(23)12-17(16)21(2,3)22(4,5)24-20/h6-12H,1-5H3. The van der Waals surface area contributed by atoms with E-state index in [1.165, 1.54) is 6.07 Å². The van der Waals surface area contributed by atoms with E-state index in [0.717, 1.165) is 39.0 Å². The number of fused-ring (bicyclic) bond motifs is 2. The van der Waals surface area contributed by atoms with Gasteiger partial charge in [-0.3, -0.25) is 4.99 Å². The van der Waals surface area contributed by atoms with Crippen LogP contribution in [0.2, 0.25) is 0 Å². The van der Waals surface area contributed by atoms with Crippen LogP contribution in [0.4, 0.5) is 4.39 Å². The molecule has 0 spiro atoms. The van der Waals surface area contributed by atoms with Crippen molar-refractivity contribution in [1.82, 2.24) is 10.2 Å². The predicted octanol–water partition coefficient (Wildman–Crippen LogP) is 4.98. The Morgan fingerprint density at radius 2 is 1.69 bits per heavy atom. The Labute approximate surface area is 153 Å². The molecule has 3 nitrogen and oxygen atoms in total. The average molecular weight is 347 g/mol. The molecule has 0 saturated heterocycles. The van der Waals surface area contributed by atoms with Crippen LogP contribution in [0.3, 0.4) is 0 Å². The molecule has 1 aromatic heterocycles. The highest BCUT2D eigenvalue weighted by Crippen LogP contribution is 2.44. The number of benzene rings is 2. The van der Waals surface area contributed by atoms with Gasteiger partial charge in [-0.2, -0.15) is 0 Å². The van der Waals surface area contributed by atoms with Crippen molar-refractivity contribution in [2.24, 2.45) is 4.99 Å².